The minimum Gasteiger partial charge on any atom is -0.312 e. The van der Waals surface area contributed by atoms with Gasteiger partial charge in [-0.25, -0.2) is 4.98 Å². The fourth-order valence-corrected chi connectivity index (χ4v) is 3.24. The van der Waals surface area contributed by atoms with E-state index in [0.29, 0.717) is 5.92 Å². The fourth-order valence-electron chi connectivity index (χ4n) is 1.99. The van der Waals surface area contributed by atoms with Crippen molar-refractivity contribution in [2.45, 2.75) is 40.2 Å². The van der Waals surface area contributed by atoms with E-state index in [9.17, 15) is 0 Å². The van der Waals surface area contributed by atoms with Crippen molar-refractivity contribution < 1.29 is 0 Å². The lowest BCUT2D eigenvalue weighted by molar-refractivity contribution is 0.714. The van der Waals surface area contributed by atoms with Gasteiger partial charge < -0.3 is 5.32 Å². The van der Waals surface area contributed by atoms with Gasteiger partial charge in [0, 0.05) is 17.6 Å². The van der Waals surface area contributed by atoms with Gasteiger partial charge in [0.2, 0.25) is 0 Å². The Hall–Kier alpha value is -1.26. The van der Waals surface area contributed by atoms with Gasteiger partial charge in [-0.1, -0.05) is 26.8 Å². The topological polar surface area (TPSA) is 37.8 Å². The van der Waals surface area contributed by atoms with Gasteiger partial charge in [-0.15, -0.1) is 11.3 Å². The number of nitrogens with zero attached hydrogens (tertiary/aromatic N) is 2. The van der Waals surface area contributed by atoms with Crippen molar-refractivity contribution in [3.8, 4) is 10.7 Å². The van der Waals surface area contributed by atoms with Crippen LogP contribution in [-0.4, -0.2) is 16.5 Å². The van der Waals surface area contributed by atoms with Crippen LogP contribution in [0.3, 0.4) is 0 Å². The zero-order valence-electron chi connectivity index (χ0n) is 12.0. The molecular formula is C15H21N3S. The van der Waals surface area contributed by atoms with E-state index in [0.717, 1.165) is 23.8 Å². The molecule has 2 rings (SSSR count). The molecule has 0 aliphatic carbocycles. The van der Waals surface area contributed by atoms with E-state index >= 15 is 0 Å². The van der Waals surface area contributed by atoms with Crippen molar-refractivity contribution in [3.63, 3.8) is 0 Å². The second-order valence-corrected chi connectivity index (χ2v) is 6.01. The van der Waals surface area contributed by atoms with Gasteiger partial charge in [-0.05, 0) is 31.0 Å². The minimum absolute atomic E-state index is 0.447. The third-order valence-corrected chi connectivity index (χ3v) is 4.10. The van der Waals surface area contributed by atoms with Crippen molar-refractivity contribution >= 4 is 11.3 Å². The normalized spacial score (nSPS) is 11.2. The van der Waals surface area contributed by atoms with Crippen LogP contribution in [0.4, 0.5) is 0 Å². The van der Waals surface area contributed by atoms with Crippen LogP contribution in [0.15, 0.2) is 18.3 Å². The third kappa shape index (κ3) is 3.19. The highest BCUT2D eigenvalue weighted by molar-refractivity contribution is 7.15. The lowest BCUT2D eigenvalue weighted by atomic mass is 10.1. The van der Waals surface area contributed by atoms with E-state index in [1.54, 1.807) is 11.3 Å². The minimum atomic E-state index is 0.447. The Bertz CT molecular complexity index is 546. The first kappa shape index (κ1) is 14.2. The average Bonchev–Trinajstić information content (AvgIpc) is 2.81. The first-order valence-electron chi connectivity index (χ1n) is 6.75. The van der Waals surface area contributed by atoms with Crippen molar-refractivity contribution in [3.05, 3.63) is 34.5 Å². The molecule has 2 aromatic rings. The predicted molar refractivity (Wildman–Crippen MR) is 81.6 cm³/mol. The van der Waals surface area contributed by atoms with Crippen molar-refractivity contribution in [1.29, 1.82) is 0 Å². The molecule has 102 valence electrons. The summed E-state index contributed by atoms with van der Waals surface area (Å²) in [7, 11) is 0. The quantitative estimate of drug-likeness (QED) is 0.903. The van der Waals surface area contributed by atoms with Gasteiger partial charge in [-0.2, -0.15) is 0 Å². The summed E-state index contributed by atoms with van der Waals surface area (Å²) in [6, 6.07) is 4.05. The van der Waals surface area contributed by atoms with Crippen LogP contribution >= 0.6 is 11.3 Å². The molecule has 0 saturated carbocycles. The van der Waals surface area contributed by atoms with Gasteiger partial charge in [0.15, 0.2) is 0 Å². The van der Waals surface area contributed by atoms with Crippen LogP contribution in [0.25, 0.3) is 10.7 Å². The molecule has 0 aromatic carbocycles. The molecule has 0 radical (unpaired) electrons. The highest BCUT2D eigenvalue weighted by Gasteiger charge is 2.16. The molecule has 0 aliphatic heterocycles. The van der Waals surface area contributed by atoms with Gasteiger partial charge >= 0.3 is 0 Å². The van der Waals surface area contributed by atoms with Gasteiger partial charge in [0.1, 0.15) is 10.7 Å². The summed E-state index contributed by atoms with van der Waals surface area (Å²) in [5.74, 6) is 0.447. The molecule has 0 aliphatic rings. The average molecular weight is 275 g/mol. The lowest BCUT2D eigenvalue weighted by Gasteiger charge is -2.04. The molecule has 0 amide bonds. The summed E-state index contributed by atoms with van der Waals surface area (Å²) < 4.78 is 0. The molecule has 0 atom stereocenters. The molecule has 2 aromatic heterocycles. The smallest absolute Gasteiger partial charge is 0.142 e. The highest BCUT2D eigenvalue weighted by Crippen LogP contribution is 2.32. The molecule has 0 fully saturated rings. The Morgan fingerprint density at radius 3 is 2.79 bits per heavy atom. The maximum absolute atomic E-state index is 4.81. The van der Waals surface area contributed by atoms with Crippen LogP contribution in [0.2, 0.25) is 0 Å². The van der Waals surface area contributed by atoms with Crippen molar-refractivity contribution in [2.24, 2.45) is 0 Å². The monoisotopic (exact) mass is 275 g/mol. The van der Waals surface area contributed by atoms with Crippen molar-refractivity contribution in [2.75, 3.05) is 6.54 Å². The Kier molecular flexibility index (Phi) is 4.66. The third-order valence-electron chi connectivity index (χ3n) is 3.02. The Morgan fingerprint density at radius 1 is 1.37 bits per heavy atom. The van der Waals surface area contributed by atoms with Crippen LogP contribution in [0.5, 0.6) is 0 Å². The standard InChI is InChI=1S/C15H21N3S/c1-5-16-9-12-13(10(2)3)18-15(19-12)14-11(4)7-6-8-17-14/h6-8,10,16H,5,9H2,1-4H3. The van der Waals surface area contributed by atoms with E-state index in [2.05, 4.69) is 44.1 Å². The molecule has 0 spiro atoms. The number of aryl methyl sites for hydroxylation is 1. The Labute approximate surface area is 119 Å². The Morgan fingerprint density at radius 2 is 2.16 bits per heavy atom. The van der Waals surface area contributed by atoms with Crippen LogP contribution in [-0.2, 0) is 6.54 Å². The second-order valence-electron chi connectivity index (χ2n) is 4.93. The zero-order valence-corrected chi connectivity index (χ0v) is 12.8. The molecule has 0 unspecified atom stereocenters. The highest BCUT2D eigenvalue weighted by atomic mass is 32.1. The molecule has 2 heterocycles. The molecule has 0 bridgehead atoms. The SMILES string of the molecule is CCNCc1sc(-c2ncccc2C)nc1C(C)C. The van der Waals surface area contributed by atoms with Gasteiger partial charge in [0.05, 0.1) is 5.69 Å². The fraction of sp³-hybridized carbons (Fsp3) is 0.467. The maximum Gasteiger partial charge on any atom is 0.142 e. The molecule has 0 saturated heterocycles. The lowest BCUT2D eigenvalue weighted by Crippen LogP contribution is -2.12. The summed E-state index contributed by atoms with van der Waals surface area (Å²) in [6.07, 6.45) is 1.84. The molecule has 1 N–H and O–H groups in total. The largest absolute Gasteiger partial charge is 0.312 e. The van der Waals surface area contributed by atoms with E-state index in [1.165, 1.54) is 16.1 Å². The number of hydrogen-bond donors (Lipinski definition) is 1. The van der Waals surface area contributed by atoms with Gasteiger partial charge in [0.25, 0.3) is 0 Å². The first-order chi connectivity index (χ1) is 9.13. The number of thiazole rings is 1. The number of nitrogens with one attached hydrogen (secondary N) is 1. The van der Waals surface area contributed by atoms with Crippen LogP contribution in [0, 0.1) is 6.92 Å². The molecule has 19 heavy (non-hydrogen) atoms. The molecular weight excluding hydrogens is 254 g/mol. The number of aromatic nitrogens is 2. The number of rotatable bonds is 5. The number of pyridine rings is 1. The summed E-state index contributed by atoms with van der Waals surface area (Å²) in [5, 5.41) is 4.43. The van der Waals surface area contributed by atoms with E-state index in [1.807, 2.05) is 12.3 Å². The predicted octanol–water partition coefficient (Wildman–Crippen LogP) is 3.75. The van der Waals surface area contributed by atoms with Crippen LogP contribution in [0.1, 0.15) is 42.8 Å². The Balaban J connectivity index is 2.40. The van der Waals surface area contributed by atoms with E-state index in [4.69, 9.17) is 4.98 Å². The summed E-state index contributed by atoms with van der Waals surface area (Å²) in [5.41, 5.74) is 3.39. The second kappa shape index (κ2) is 6.26. The van der Waals surface area contributed by atoms with E-state index in [-0.39, 0.29) is 0 Å². The number of hydrogen-bond acceptors (Lipinski definition) is 4. The van der Waals surface area contributed by atoms with Gasteiger partial charge in [-0.3, -0.25) is 4.98 Å². The summed E-state index contributed by atoms with van der Waals surface area (Å²) in [6.45, 7) is 10.5. The first-order valence-corrected chi connectivity index (χ1v) is 7.57. The summed E-state index contributed by atoms with van der Waals surface area (Å²) in [4.78, 5) is 10.6. The maximum atomic E-state index is 4.81. The van der Waals surface area contributed by atoms with Crippen molar-refractivity contribution in [1.82, 2.24) is 15.3 Å². The van der Waals surface area contributed by atoms with Crippen LogP contribution < -0.4 is 5.32 Å². The zero-order chi connectivity index (χ0) is 13.8. The van der Waals surface area contributed by atoms with E-state index < -0.39 is 0 Å². The summed E-state index contributed by atoms with van der Waals surface area (Å²) >= 11 is 1.76. The molecule has 3 nitrogen and oxygen atoms in total. The molecule has 4 heteroatoms.